The Labute approximate surface area is 406 Å². The van der Waals surface area contributed by atoms with Crippen molar-refractivity contribution in [1.29, 1.82) is 0 Å². The van der Waals surface area contributed by atoms with Crippen molar-refractivity contribution in [3.63, 3.8) is 0 Å². The molecule has 0 bridgehead atoms. The Balaban J connectivity index is 1.24. The number of hydrogen-bond donors (Lipinski definition) is 1. The fourth-order valence-electron chi connectivity index (χ4n) is 9.52. The van der Waals surface area contributed by atoms with Gasteiger partial charge in [0.15, 0.2) is 5.84 Å². The zero-order valence-corrected chi connectivity index (χ0v) is 41.0. The van der Waals surface area contributed by atoms with Gasteiger partial charge in [-0.25, -0.2) is 9.98 Å². The fraction of sp³-hybridized carbons (Fsp3) is 0.188. The van der Waals surface area contributed by atoms with Crippen molar-refractivity contribution in [2.24, 2.45) is 9.98 Å². The zero-order valence-electron chi connectivity index (χ0n) is 41.0. The van der Waals surface area contributed by atoms with Crippen LogP contribution in [-0.2, 0) is 16.2 Å². The lowest BCUT2D eigenvalue weighted by Crippen LogP contribution is -2.28. The smallest absolute Gasteiger partial charge is 0.163 e. The van der Waals surface area contributed by atoms with Gasteiger partial charge in [-0.3, -0.25) is 0 Å². The van der Waals surface area contributed by atoms with E-state index >= 15 is 0 Å². The molecule has 340 valence electrons. The van der Waals surface area contributed by atoms with Crippen LogP contribution in [0.25, 0.3) is 55.4 Å². The van der Waals surface area contributed by atoms with E-state index in [1.165, 1.54) is 5.56 Å². The van der Waals surface area contributed by atoms with E-state index in [4.69, 9.17) is 14.7 Å². The van der Waals surface area contributed by atoms with Crippen LogP contribution in [0.15, 0.2) is 180 Å². The van der Waals surface area contributed by atoms with Crippen molar-refractivity contribution in [1.82, 2.24) is 4.57 Å². The number of phenolic OH excluding ortho intramolecular Hbond substituents is 1. The standard InChI is InChI=1S/C64H57N3O2/c1-40(42-22-14-11-15-23-42)65-61(66-41(2)43-24-16-12-17-25-43)53-37-47(63(6,7)8)39-55-60(53)69-59-50(36-46(62(3,4)5)38-54(59)64(55,9)10)45-31-33-57-52(35-45)51-34-44(49-28-20-21-29-58(49)68)30-32-56(51)67(57)48-26-18-13-19-27-48/h11-29,31,33-39,68H,1H2,2-10H3. The van der Waals surface area contributed by atoms with Crippen molar-refractivity contribution in [2.45, 2.75) is 78.6 Å². The second-order valence-corrected chi connectivity index (χ2v) is 20.8. The number of aliphatic imine (C=N–C) groups is 2. The van der Waals surface area contributed by atoms with Crippen molar-refractivity contribution < 1.29 is 9.84 Å². The minimum Gasteiger partial charge on any atom is -0.507 e. The van der Waals surface area contributed by atoms with Crippen LogP contribution >= 0.6 is 0 Å². The SMILES string of the molecule is C=C(N=C(N=C(C)c1ccccc1)c1cc(C(C)(C)C)cc2c1Oc1c(-c3ccc4c(c3)c3cc(-c5ccccc5O)c#cc3n4-c3ccccc3)cc(C(C)(C)C)cc1C2(C)C)c1ccccc1. The molecule has 0 fully saturated rings. The first-order chi connectivity index (χ1) is 33.0. The predicted molar refractivity (Wildman–Crippen MR) is 288 cm³/mol. The van der Waals surface area contributed by atoms with Crippen LogP contribution in [0.2, 0.25) is 0 Å². The molecule has 1 aliphatic rings. The van der Waals surface area contributed by atoms with Gasteiger partial charge in [-0.1, -0.05) is 183 Å². The summed E-state index contributed by atoms with van der Waals surface area (Å²) in [5.74, 6) is 2.26. The molecule has 1 aliphatic heterocycles. The first kappa shape index (κ1) is 44.9. The summed E-state index contributed by atoms with van der Waals surface area (Å²) in [6, 6.07) is 63.1. The van der Waals surface area contributed by atoms with E-state index < -0.39 is 5.41 Å². The molecular weight excluding hydrogens is 843 g/mol. The van der Waals surface area contributed by atoms with Crippen LogP contribution in [0.3, 0.4) is 0 Å². The van der Waals surface area contributed by atoms with E-state index in [1.807, 2.05) is 79.7 Å². The van der Waals surface area contributed by atoms with Crippen molar-refractivity contribution in [3.05, 3.63) is 221 Å². The topological polar surface area (TPSA) is 59.1 Å². The number of fused-ring (bicyclic) bond motifs is 5. The number of aromatic hydroxyl groups is 1. The Morgan fingerprint density at radius 2 is 1.20 bits per heavy atom. The molecule has 0 amide bonds. The highest BCUT2D eigenvalue weighted by atomic mass is 16.5. The number of phenols is 1. The van der Waals surface area contributed by atoms with Crippen molar-refractivity contribution in [3.8, 4) is 45.2 Å². The van der Waals surface area contributed by atoms with Gasteiger partial charge in [-0.2, -0.15) is 0 Å². The monoisotopic (exact) mass is 899 g/mol. The molecule has 1 N–H and O–H groups in total. The molecule has 5 nitrogen and oxygen atoms in total. The molecule has 0 unspecified atom stereocenters. The second kappa shape index (κ2) is 17.0. The number of amidine groups is 1. The van der Waals surface area contributed by atoms with E-state index in [2.05, 4.69) is 164 Å². The van der Waals surface area contributed by atoms with Gasteiger partial charge < -0.3 is 14.4 Å². The number of aromatic nitrogens is 1. The van der Waals surface area contributed by atoms with Gasteiger partial charge in [-0.05, 0) is 100 Å². The highest BCUT2D eigenvalue weighted by Crippen LogP contribution is 2.55. The molecule has 2 heterocycles. The van der Waals surface area contributed by atoms with Crippen LogP contribution in [-0.4, -0.2) is 21.2 Å². The van der Waals surface area contributed by atoms with Gasteiger partial charge in [0.05, 0.1) is 16.8 Å². The van der Waals surface area contributed by atoms with Crippen LogP contribution in [0.1, 0.15) is 101 Å². The number of rotatable bonds is 7. The Hall–Kier alpha value is -7.94. The van der Waals surface area contributed by atoms with E-state index in [9.17, 15) is 5.11 Å². The number of hydrogen-bond acceptors (Lipinski definition) is 3. The first-order valence-corrected chi connectivity index (χ1v) is 23.7. The third-order valence-electron chi connectivity index (χ3n) is 13.6. The Morgan fingerprint density at radius 1 is 0.609 bits per heavy atom. The van der Waals surface area contributed by atoms with Gasteiger partial charge >= 0.3 is 0 Å². The van der Waals surface area contributed by atoms with Gasteiger partial charge in [0, 0.05) is 55.4 Å². The van der Waals surface area contributed by atoms with Crippen molar-refractivity contribution >= 4 is 39.1 Å². The summed E-state index contributed by atoms with van der Waals surface area (Å²) in [5.41, 5.74) is 14.3. The summed E-state index contributed by atoms with van der Waals surface area (Å²) >= 11 is 0. The third kappa shape index (κ3) is 8.21. The average Bonchev–Trinajstić information content (AvgIpc) is 3.66. The fourth-order valence-corrected chi connectivity index (χ4v) is 9.52. The summed E-state index contributed by atoms with van der Waals surface area (Å²) < 4.78 is 9.81. The minimum absolute atomic E-state index is 0.176. The molecule has 5 heteroatoms. The number of benzene rings is 7. The molecule has 9 aromatic rings. The molecule has 0 spiro atoms. The highest BCUT2D eigenvalue weighted by molar-refractivity contribution is 6.14. The van der Waals surface area contributed by atoms with Crippen LogP contribution in [0.4, 0.5) is 0 Å². The molecule has 8 aromatic carbocycles. The van der Waals surface area contributed by atoms with Crippen LogP contribution in [0.5, 0.6) is 17.2 Å². The largest absolute Gasteiger partial charge is 0.507 e. The maximum absolute atomic E-state index is 11.0. The molecule has 0 saturated carbocycles. The van der Waals surface area contributed by atoms with Gasteiger partial charge in [0.25, 0.3) is 0 Å². The lowest BCUT2D eigenvalue weighted by molar-refractivity contribution is 0.415. The molecular formula is C64H57N3O2. The van der Waals surface area contributed by atoms with Gasteiger partial charge in [0.2, 0.25) is 0 Å². The minimum atomic E-state index is -0.514. The maximum Gasteiger partial charge on any atom is 0.163 e. The molecule has 69 heavy (non-hydrogen) atoms. The van der Waals surface area contributed by atoms with E-state index in [0.717, 1.165) is 94.8 Å². The van der Waals surface area contributed by atoms with Crippen LogP contribution in [0, 0.1) is 12.1 Å². The normalized spacial score (nSPS) is 13.7. The summed E-state index contributed by atoms with van der Waals surface area (Å²) in [4.78, 5) is 10.7. The van der Waals surface area contributed by atoms with E-state index in [0.29, 0.717) is 17.1 Å². The predicted octanol–water partition coefficient (Wildman–Crippen LogP) is 16.4. The number of nitrogens with zero attached hydrogens (tertiary/aromatic N) is 3. The van der Waals surface area contributed by atoms with Crippen LogP contribution < -0.4 is 4.74 Å². The molecule has 0 saturated heterocycles. The third-order valence-corrected chi connectivity index (χ3v) is 13.6. The summed E-state index contributed by atoms with van der Waals surface area (Å²) in [6.45, 7) is 24.7. The Morgan fingerprint density at radius 3 is 1.86 bits per heavy atom. The average molecular weight is 900 g/mol. The number of para-hydroxylation sites is 2. The number of ether oxygens (including phenoxy) is 1. The Bertz CT molecular complexity index is 3530. The quantitative estimate of drug-likeness (QED) is 0.128. The zero-order chi connectivity index (χ0) is 48.4. The van der Waals surface area contributed by atoms with Gasteiger partial charge in [0.1, 0.15) is 22.8 Å². The molecule has 1 aromatic heterocycles. The summed E-state index contributed by atoms with van der Waals surface area (Å²) in [7, 11) is 0. The van der Waals surface area contributed by atoms with Crippen molar-refractivity contribution in [2.75, 3.05) is 0 Å². The first-order valence-electron chi connectivity index (χ1n) is 23.7. The highest BCUT2D eigenvalue weighted by Gasteiger charge is 2.40. The maximum atomic E-state index is 11.0. The Kier molecular flexibility index (Phi) is 11.0. The lowest BCUT2D eigenvalue weighted by Gasteiger charge is -2.39. The van der Waals surface area contributed by atoms with E-state index in [1.54, 1.807) is 6.07 Å². The van der Waals surface area contributed by atoms with E-state index in [-0.39, 0.29) is 16.6 Å². The second-order valence-electron chi connectivity index (χ2n) is 20.8. The molecule has 0 aliphatic carbocycles. The van der Waals surface area contributed by atoms with Gasteiger partial charge in [-0.15, -0.1) is 0 Å². The summed E-state index contributed by atoms with van der Waals surface area (Å²) in [6.07, 6.45) is 0. The molecule has 0 atom stereocenters. The lowest BCUT2D eigenvalue weighted by atomic mass is 9.70. The molecule has 10 rings (SSSR count). The summed E-state index contributed by atoms with van der Waals surface area (Å²) in [5, 5.41) is 13.0. The molecule has 0 radical (unpaired) electrons.